The van der Waals surface area contributed by atoms with Gasteiger partial charge in [0.05, 0.1) is 5.60 Å². The van der Waals surface area contributed by atoms with Crippen LogP contribution in [0.1, 0.15) is 18.9 Å². The van der Waals surface area contributed by atoms with Gasteiger partial charge in [0.2, 0.25) is 0 Å². The maximum absolute atomic E-state index is 10.4. The fourth-order valence-electron chi connectivity index (χ4n) is 2.66. The van der Waals surface area contributed by atoms with Crippen molar-refractivity contribution in [2.75, 3.05) is 19.6 Å². The molecule has 0 radical (unpaired) electrons. The van der Waals surface area contributed by atoms with Crippen LogP contribution in [0.25, 0.3) is 0 Å². The number of β-amino-alcohol motifs (C(OH)–C–C–N with tert-alkyl or cyclic N) is 1. The van der Waals surface area contributed by atoms with Crippen LogP contribution in [0.4, 0.5) is 0 Å². The second-order valence-electron chi connectivity index (χ2n) is 5.27. The highest BCUT2D eigenvalue weighted by Crippen LogP contribution is 2.27. The molecule has 1 fully saturated rings. The molecule has 3 nitrogen and oxygen atoms in total. The van der Waals surface area contributed by atoms with Gasteiger partial charge in [0.1, 0.15) is 0 Å². The normalized spacial score (nSPS) is 30.4. The van der Waals surface area contributed by atoms with Crippen molar-refractivity contribution in [3.05, 3.63) is 35.9 Å². The fraction of sp³-hybridized carbons (Fsp3) is 0.571. The number of nitrogens with two attached hydrogens (primary N) is 1. The maximum Gasteiger partial charge on any atom is 0.0786 e. The average Bonchev–Trinajstić information content (AvgIpc) is 2.29. The molecule has 3 heteroatoms. The lowest BCUT2D eigenvalue weighted by molar-refractivity contribution is -0.0619. The number of nitrogens with zero attached hydrogens (tertiary/aromatic N) is 1. The molecular formula is C14H22N2O. The second-order valence-corrected chi connectivity index (χ2v) is 5.27. The Hall–Kier alpha value is -0.900. The molecule has 1 aliphatic heterocycles. The minimum absolute atomic E-state index is 0.231. The van der Waals surface area contributed by atoms with E-state index in [1.165, 1.54) is 5.56 Å². The lowest BCUT2D eigenvalue weighted by atomic mass is 9.82. The van der Waals surface area contributed by atoms with Crippen LogP contribution in [-0.2, 0) is 6.54 Å². The highest BCUT2D eigenvalue weighted by atomic mass is 16.3. The molecule has 94 valence electrons. The highest BCUT2D eigenvalue weighted by molar-refractivity contribution is 5.14. The Morgan fingerprint density at radius 1 is 1.41 bits per heavy atom. The SMILES string of the molecule is CC1(O)CN(Cc2ccccc2)CCC1CN. The first-order chi connectivity index (χ1) is 8.12. The zero-order valence-electron chi connectivity index (χ0n) is 10.5. The van der Waals surface area contributed by atoms with Gasteiger partial charge in [-0.1, -0.05) is 30.3 Å². The summed E-state index contributed by atoms with van der Waals surface area (Å²) in [6.45, 7) is 5.12. The fourth-order valence-corrected chi connectivity index (χ4v) is 2.66. The summed E-state index contributed by atoms with van der Waals surface area (Å²) in [5, 5.41) is 10.4. The van der Waals surface area contributed by atoms with Gasteiger partial charge in [0.15, 0.2) is 0 Å². The van der Waals surface area contributed by atoms with E-state index in [0.717, 1.165) is 19.5 Å². The predicted molar refractivity (Wildman–Crippen MR) is 69.5 cm³/mol. The van der Waals surface area contributed by atoms with Gasteiger partial charge in [-0.3, -0.25) is 4.90 Å². The van der Waals surface area contributed by atoms with E-state index in [1.54, 1.807) is 0 Å². The van der Waals surface area contributed by atoms with Crippen LogP contribution >= 0.6 is 0 Å². The zero-order valence-corrected chi connectivity index (χ0v) is 10.5. The summed E-state index contributed by atoms with van der Waals surface area (Å²) in [7, 11) is 0. The molecule has 0 aliphatic carbocycles. The van der Waals surface area contributed by atoms with E-state index in [0.29, 0.717) is 13.1 Å². The first kappa shape index (κ1) is 12.6. The Balaban J connectivity index is 1.97. The van der Waals surface area contributed by atoms with Gasteiger partial charge in [-0.2, -0.15) is 0 Å². The van der Waals surface area contributed by atoms with E-state index in [4.69, 9.17) is 5.73 Å². The van der Waals surface area contributed by atoms with E-state index < -0.39 is 5.60 Å². The summed E-state index contributed by atoms with van der Waals surface area (Å²) in [4.78, 5) is 2.31. The molecule has 0 saturated carbocycles. The summed E-state index contributed by atoms with van der Waals surface area (Å²) in [6, 6.07) is 10.4. The first-order valence-corrected chi connectivity index (χ1v) is 6.30. The molecule has 2 atom stereocenters. The third kappa shape index (κ3) is 3.06. The second kappa shape index (κ2) is 5.17. The van der Waals surface area contributed by atoms with E-state index >= 15 is 0 Å². The third-order valence-electron chi connectivity index (χ3n) is 3.75. The van der Waals surface area contributed by atoms with Crippen LogP contribution in [0.3, 0.4) is 0 Å². The lowest BCUT2D eigenvalue weighted by Crippen LogP contribution is -2.53. The minimum atomic E-state index is -0.651. The number of hydrogen-bond acceptors (Lipinski definition) is 3. The lowest BCUT2D eigenvalue weighted by Gasteiger charge is -2.42. The molecule has 0 bridgehead atoms. The first-order valence-electron chi connectivity index (χ1n) is 6.30. The number of aliphatic hydroxyl groups is 1. The van der Waals surface area contributed by atoms with Crippen molar-refractivity contribution in [3.63, 3.8) is 0 Å². The van der Waals surface area contributed by atoms with Crippen molar-refractivity contribution in [3.8, 4) is 0 Å². The highest BCUT2D eigenvalue weighted by Gasteiger charge is 2.36. The van der Waals surface area contributed by atoms with Gasteiger partial charge in [-0.05, 0) is 32.0 Å². The van der Waals surface area contributed by atoms with Gasteiger partial charge in [-0.15, -0.1) is 0 Å². The van der Waals surface area contributed by atoms with E-state index in [9.17, 15) is 5.11 Å². The van der Waals surface area contributed by atoms with Crippen molar-refractivity contribution in [2.24, 2.45) is 11.7 Å². The van der Waals surface area contributed by atoms with Crippen LogP contribution in [-0.4, -0.2) is 35.2 Å². The number of benzene rings is 1. The molecule has 3 N–H and O–H groups in total. The Kier molecular flexibility index (Phi) is 3.82. The quantitative estimate of drug-likeness (QED) is 0.826. The molecule has 2 rings (SSSR count). The summed E-state index contributed by atoms with van der Waals surface area (Å²) in [5.74, 6) is 0.231. The van der Waals surface area contributed by atoms with E-state index in [-0.39, 0.29) is 5.92 Å². The van der Waals surface area contributed by atoms with Gasteiger partial charge >= 0.3 is 0 Å². The predicted octanol–water partition coefficient (Wildman–Crippen LogP) is 1.22. The molecular weight excluding hydrogens is 212 g/mol. The van der Waals surface area contributed by atoms with Crippen molar-refractivity contribution >= 4 is 0 Å². The number of rotatable bonds is 3. The Morgan fingerprint density at radius 2 is 2.12 bits per heavy atom. The van der Waals surface area contributed by atoms with Gasteiger partial charge in [0, 0.05) is 19.0 Å². The van der Waals surface area contributed by atoms with Crippen LogP contribution in [0.15, 0.2) is 30.3 Å². The van der Waals surface area contributed by atoms with Gasteiger partial charge < -0.3 is 10.8 Å². The molecule has 1 heterocycles. The summed E-state index contributed by atoms with van der Waals surface area (Å²) in [5.41, 5.74) is 6.35. The number of piperidine rings is 1. The largest absolute Gasteiger partial charge is 0.389 e. The smallest absolute Gasteiger partial charge is 0.0786 e. The van der Waals surface area contributed by atoms with Crippen molar-refractivity contribution in [1.82, 2.24) is 4.90 Å². The molecule has 17 heavy (non-hydrogen) atoms. The maximum atomic E-state index is 10.4. The molecule has 1 saturated heterocycles. The summed E-state index contributed by atoms with van der Waals surface area (Å²) >= 11 is 0. The van der Waals surface area contributed by atoms with Crippen LogP contribution in [0, 0.1) is 5.92 Å². The van der Waals surface area contributed by atoms with Gasteiger partial charge in [0.25, 0.3) is 0 Å². The molecule has 0 spiro atoms. The van der Waals surface area contributed by atoms with Crippen LogP contribution in [0.2, 0.25) is 0 Å². The average molecular weight is 234 g/mol. The van der Waals surface area contributed by atoms with Crippen LogP contribution < -0.4 is 5.73 Å². The number of likely N-dealkylation sites (tertiary alicyclic amines) is 1. The van der Waals surface area contributed by atoms with E-state index in [1.807, 2.05) is 13.0 Å². The zero-order chi connectivity index (χ0) is 12.3. The molecule has 1 aliphatic rings. The van der Waals surface area contributed by atoms with Gasteiger partial charge in [-0.25, -0.2) is 0 Å². The topological polar surface area (TPSA) is 49.5 Å². The Labute approximate surface area is 103 Å². The van der Waals surface area contributed by atoms with Crippen molar-refractivity contribution < 1.29 is 5.11 Å². The van der Waals surface area contributed by atoms with E-state index in [2.05, 4.69) is 29.2 Å². The third-order valence-corrected chi connectivity index (χ3v) is 3.75. The number of hydrogen-bond donors (Lipinski definition) is 2. The van der Waals surface area contributed by atoms with Crippen molar-refractivity contribution in [1.29, 1.82) is 0 Å². The molecule has 1 aromatic rings. The standard InChI is InChI=1S/C14H22N2O/c1-14(17)11-16(8-7-13(14)9-15)10-12-5-3-2-4-6-12/h2-6,13,17H,7-11,15H2,1H3. The van der Waals surface area contributed by atoms with Crippen LogP contribution in [0.5, 0.6) is 0 Å². The molecule has 2 unspecified atom stereocenters. The molecule has 0 amide bonds. The molecule has 0 aromatic heterocycles. The molecule has 1 aromatic carbocycles. The Bertz CT molecular complexity index is 350. The minimum Gasteiger partial charge on any atom is -0.389 e. The monoisotopic (exact) mass is 234 g/mol. The van der Waals surface area contributed by atoms with Crippen molar-refractivity contribution in [2.45, 2.75) is 25.5 Å². The summed E-state index contributed by atoms with van der Waals surface area (Å²) in [6.07, 6.45) is 0.982. The Morgan fingerprint density at radius 3 is 2.71 bits per heavy atom. The summed E-state index contributed by atoms with van der Waals surface area (Å²) < 4.78 is 0.